The van der Waals surface area contributed by atoms with Crippen LogP contribution in [0.3, 0.4) is 0 Å². The Morgan fingerprint density at radius 1 is 1.53 bits per heavy atom. The quantitative estimate of drug-likeness (QED) is 0.836. The van der Waals surface area contributed by atoms with Gasteiger partial charge in [0, 0.05) is 13.2 Å². The first-order valence-electron chi connectivity index (χ1n) is 5.29. The summed E-state index contributed by atoms with van der Waals surface area (Å²) in [6.07, 6.45) is 5.07. The van der Waals surface area contributed by atoms with E-state index in [4.69, 9.17) is 9.52 Å². The molecule has 84 valence electrons. The van der Waals surface area contributed by atoms with Crippen LogP contribution in [-0.4, -0.2) is 18.3 Å². The molecule has 0 bridgehead atoms. The van der Waals surface area contributed by atoms with E-state index in [1.165, 1.54) is 12.8 Å². The molecular formula is C11H16BrNO2. The molecule has 1 aromatic rings. The fourth-order valence-electron chi connectivity index (χ4n) is 1.82. The Labute approximate surface area is 98.0 Å². The molecule has 1 aliphatic rings. The first kappa shape index (κ1) is 11.2. The van der Waals surface area contributed by atoms with Crippen LogP contribution in [-0.2, 0) is 6.54 Å². The van der Waals surface area contributed by atoms with Gasteiger partial charge in [0.25, 0.3) is 0 Å². The molecule has 0 aliphatic heterocycles. The van der Waals surface area contributed by atoms with Crippen LogP contribution >= 0.6 is 15.9 Å². The molecule has 4 heteroatoms. The predicted molar refractivity (Wildman–Crippen MR) is 61.5 cm³/mol. The Kier molecular flexibility index (Phi) is 3.49. The third-order valence-corrected chi connectivity index (χ3v) is 3.78. The zero-order valence-electron chi connectivity index (χ0n) is 8.63. The average Bonchev–Trinajstić information content (AvgIpc) is 2.85. The predicted octanol–water partition coefficient (Wildman–Crippen LogP) is 2.29. The molecule has 1 aliphatic carbocycles. The first-order chi connectivity index (χ1) is 7.26. The standard InChI is InChI=1S/C11H16BrNO2/c12-9-1-6-15-10(9)7-13-8-11(2-3-11)4-5-14/h1,6,13-14H,2-5,7-8H2. The summed E-state index contributed by atoms with van der Waals surface area (Å²) in [5, 5.41) is 12.3. The van der Waals surface area contributed by atoms with Crippen molar-refractivity contribution >= 4 is 15.9 Å². The van der Waals surface area contributed by atoms with E-state index < -0.39 is 0 Å². The smallest absolute Gasteiger partial charge is 0.131 e. The van der Waals surface area contributed by atoms with Gasteiger partial charge in [-0.1, -0.05) is 0 Å². The van der Waals surface area contributed by atoms with Gasteiger partial charge in [-0.2, -0.15) is 0 Å². The van der Waals surface area contributed by atoms with E-state index in [9.17, 15) is 0 Å². The number of aliphatic hydroxyl groups excluding tert-OH is 1. The number of halogens is 1. The maximum atomic E-state index is 8.92. The summed E-state index contributed by atoms with van der Waals surface area (Å²) in [7, 11) is 0. The molecule has 3 nitrogen and oxygen atoms in total. The Hall–Kier alpha value is -0.320. The van der Waals surface area contributed by atoms with Crippen molar-refractivity contribution in [1.82, 2.24) is 5.32 Å². The summed E-state index contributed by atoms with van der Waals surface area (Å²) in [4.78, 5) is 0. The van der Waals surface area contributed by atoms with Gasteiger partial charge in [-0.05, 0) is 46.7 Å². The molecule has 0 aromatic carbocycles. The second-order valence-electron chi connectivity index (χ2n) is 4.27. The van der Waals surface area contributed by atoms with E-state index in [0.29, 0.717) is 12.0 Å². The molecule has 0 atom stereocenters. The maximum absolute atomic E-state index is 8.92. The first-order valence-corrected chi connectivity index (χ1v) is 6.08. The van der Waals surface area contributed by atoms with Gasteiger partial charge < -0.3 is 14.8 Å². The highest BCUT2D eigenvalue weighted by Gasteiger charge is 2.41. The Morgan fingerprint density at radius 2 is 2.33 bits per heavy atom. The fourth-order valence-corrected chi connectivity index (χ4v) is 2.16. The van der Waals surface area contributed by atoms with Crippen molar-refractivity contribution in [3.63, 3.8) is 0 Å². The number of rotatable bonds is 6. The van der Waals surface area contributed by atoms with Gasteiger partial charge in [-0.15, -0.1) is 0 Å². The number of aliphatic hydroxyl groups is 1. The molecule has 2 rings (SSSR count). The van der Waals surface area contributed by atoms with E-state index >= 15 is 0 Å². The van der Waals surface area contributed by atoms with Crippen LogP contribution in [0.4, 0.5) is 0 Å². The highest BCUT2D eigenvalue weighted by molar-refractivity contribution is 9.10. The topological polar surface area (TPSA) is 45.4 Å². The molecule has 0 saturated heterocycles. The van der Waals surface area contributed by atoms with Crippen molar-refractivity contribution in [3.05, 3.63) is 22.6 Å². The zero-order chi connectivity index (χ0) is 10.7. The summed E-state index contributed by atoms with van der Waals surface area (Å²) in [6.45, 7) is 2.02. The zero-order valence-corrected chi connectivity index (χ0v) is 10.2. The molecule has 0 spiro atoms. The lowest BCUT2D eigenvalue weighted by atomic mass is 10.0. The summed E-state index contributed by atoms with van der Waals surface area (Å²) >= 11 is 3.42. The molecule has 15 heavy (non-hydrogen) atoms. The van der Waals surface area contributed by atoms with Gasteiger partial charge >= 0.3 is 0 Å². The van der Waals surface area contributed by atoms with E-state index in [1.807, 2.05) is 6.07 Å². The lowest BCUT2D eigenvalue weighted by Gasteiger charge is -2.13. The molecule has 1 aromatic heterocycles. The van der Waals surface area contributed by atoms with E-state index in [0.717, 1.165) is 29.7 Å². The van der Waals surface area contributed by atoms with Gasteiger partial charge in [0.1, 0.15) is 5.76 Å². The van der Waals surface area contributed by atoms with Crippen molar-refractivity contribution in [1.29, 1.82) is 0 Å². The largest absolute Gasteiger partial charge is 0.467 e. The van der Waals surface area contributed by atoms with Gasteiger partial charge in [0.15, 0.2) is 0 Å². The Bertz CT molecular complexity index is 320. The molecule has 0 unspecified atom stereocenters. The Balaban J connectivity index is 1.73. The van der Waals surface area contributed by atoms with E-state index in [1.54, 1.807) is 6.26 Å². The molecule has 0 radical (unpaired) electrons. The van der Waals surface area contributed by atoms with Crippen molar-refractivity contribution in [2.75, 3.05) is 13.2 Å². The summed E-state index contributed by atoms with van der Waals surface area (Å²) in [5.74, 6) is 0.940. The molecule has 1 saturated carbocycles. The second kappa shape index (κ2) is 4.68. The normalized spacial score (nSPS) is 18.0. The summed E-state index contributed by atoms with van der Waals surface area (Å²) in [5.41, 5.74) is 0.369. The molecule has 1 fully saturated rings. The minimum atomic E-state index is 0.298. The minimum absolute atomic E-state index is 0.298. The lowest BCUT2D eigenvalue weighted by Crippen LogP contribution is -2.24. The maximum Gasteiger partial charge on any atom is 0.131 e. The second-order valence-corrected chi connectivity index (χ2v) is 5.12. The van der Waals surface area contributed by atoms with Crippen LogP contribution < -0.4 is 5.32 Å². The molecule has 2 N–H and O–H groups in total. The van der Waals surface area contributed by atoms with Crippen molar-refractivity contribution in [2.45, 2.75) is 25.8 Å². The van der Waals surface area contributed by atoms with Crippen LogP contribution in [0.1, 0.15) is 25.0 Å². The van der Waals surface area contributed by atoms with Crippen molar-refractivity contribution in [3.8, 4) is 0 Å². The SMILES string of the molecule is OCCC1(CNCc2occc2Br)CC1. The van der Waals surface area contributed by atoms with Gasteiger partial charge in [-0.3, -0.25) is 0 Å². The van der Waals surface area contributed by atoms with Gasteiger partial charge in [0.05, 0.1) is 17.3 Å². The summed E-state index contributed by atoms with van der Waals surface area (Å²) in [6, 6.07) is 1.90. The fraction of sp³-hybridized carbons (Fsp3) is 0.636. The number of hydrogen-bond acceptors (Lipinski definition) is 3. The van der Waals surface area contributed by atoms with E-state index in [2.05, 4.69) is 21.2 Å². The summed E-state index contributed by atoms with van der Waals surface area (Å²) < 4.78 is 6.32. The highest BCUT2D eigenvalue weighted by Crippen LogP contribution is 2.47. The van der Waals surface area contributed by atoms with Crippen LogP contribution in [0, 0.1) is 5.41 Å². The van der Waals surface area contributed by atoms with Gasteiger partial charge in [-0.25, -0.2) is 0 Å². The van der Waals surface area contributed by atoms with Crippen molar-refractivity contribution < 1.29 is 9.52 Å². The third kappa shape index (κ3) is 2.83. The number of nitrogens with one attached hydrogen (secondary N) is 1. The lowest BCUT2D eigenvalue weighted by molar-refractivity contribution is 0.244. The van der Waals surface area contributed by atoms with E-state index in [-0.39, 0.29) is 0 Å². The molecule has 1 heterocycles. The monoisotopic (exact) mass is 273 g/mol. The Morgan fingerprint density at radius 3 is 2.87 bits per heavy atom. The minimum Gasteiger partial charge on any atom is -0.467 e. The highest BCUT2D eigenvalue weighted by atomic mass is 79.9. The van der Waals surface area contributed by atoms with Crippen LogP contribution in [0.15, 0.2) is 21.2 Å². The van der Waals surface area contributed by atoms with Gasteiger partial charge in [0.2, 0.25) is 0 Å². The molecular weight excluding hydrogens is 258 g/mol. The number of furan rings is 1. The van der Waals surface area contributed by atoms with Crippen LogP contribution in [0.5, 0.6) is 0 Å². The van der Waals surface area contributed by atoms with Crippen molar-refractivity contribution in [2.24, 2.45) is 5.41 Å². The van der Waals surface area contributed by atoms with Crippen LogP contribution in [0.25, 0.3) is 0 Å². The van der Waals surface area contributed by atoms with Crippen LogP contribution in [0.2, 0.25) is 0 Å². The molecule has 0 amide bonds. The average molecular weight is 274 g/mol. The number of hydrogen-bond donors (Lipinski definition) is 2. The third-order valence-electron chi connectivity index (χ3n) is 3.08.